The largest absolute Gasteiger partial charge is 0.480 e. The van der Waals surface area contributed by atoms with Crippen molar-refractivity contribution >= 4 is 27.8 Å². The minimum atomic E-state index is -1.32. The van der Waals surface area contributed by atoms with Gasteiger partial charge in [0.05, 0.1) is 6.10 Å². The number of rotatable bonds is 4. The predicted molar refractivity (Wildman–Crippen MR) is 69.4 cm³/mol. The summed E-state index contributed by atoms with van der Waals surface area (Å²) in [5, 5.41) is 20.4. The molecule has 98 valence electrons. The van der Waals surface area contributed by atoms with Crippen LogP contribution in [0.3, 0.4) is 0 Å². The summed E-state index contributed by atoms with van der Waals surface area (Å²) in [5.41, 5.74) is 1.22. The number of halogens is 1. The highest BCUT2D eigenvalue weighted by atomic mass is 79.9. The number of nitrogens with one attached hydrogen (secondary N) is 1. The number of aryl methyl sites for hydroxylation is 1. The lowest BCUT2D eigenvalue weighted by atomic mass is 10.1. The molecule has 0 aliphatic rings. The molecule has 0 heterocycles. The average Bonchev–Trinajstić information content (AvgIpc) is 2.23. The van der Waals surface area contributed by atoms with Gasteiger partial charge in [-0.2, -0.15) is 0 Å². The third-order valence-corrected chi connectivity index (χ3v) is 2.80. The van der Waals surface area contributed by atoms with Gasteiger partial charge in [0.1, 0.15) is 0 Å². The minimum Gasteiger partial charge on any atom is -0.480 e. The zero-order valence-electron chi connectivity index (χ0n) is 9.98. The van der Waals surface area contributed by atoms with E-state index in [1.165, 1.54) is 6.92 Å². The van der Waals surface area contributed by atoms with Gasteiger partial charge in [-0.3, -0.25) is 4.79 Å². The maximum Gasteiger partial charge on any atom is 0.328 e. The number of carboxylic acid groups (broad SMARTS) is 1. The van der Waals surface area contributed by atoms with E-state index in [4.69, 9.17) is 5.11 Å². The van der Waals surface area contributed by atoms with Gasteiger partial charge in [-0.15, -0.1) is 0 Å². The van der Waals surface area contributed by atoms with Crippen LogP contribution in [0.1, 0.15) is 22.8 Å². The lowest BCUT2D eigenvalue weighted by Gasteiger charge is -2.17. The van der Waals surface area contributed by atoms with Crippen molar-refractivity contribution < 1.29 is 19.8 Å². The monoisotopic (exact) mass is 315 g/mol. The van der Waals surface area contributed by atoms with Crippen molar-refractivity contribution in [2.45, 2.75) is 26.0 Å². The second-order valence-corrected chi connectivity index (χ2v) is 4.96. The number of hydrogen-bond acceptors (Lipinski definition) is 3. The van der Waals surface area contributed by atoms with E-state index in [9.17, 15) is 14.7 Å². The van der Waals surface area contributed by atoms with Gasteiger partial charge in [0, 0.05) is 10.0 Å². The summed E-state index contributed by atoms with van der Waals surface area (Å²) in [7, 11) is 0. The van der Waals surface area contributed by atoms with E-state index in [-0.39, 0.29) is 0 Å². The molecule has 2 atom stereocenters. The standard InChI is InChI=1S/C12H14BrNO4/c1-6-3-8(5-9(13)4-6)11(16)14-10(7(2)15)12(17)18/h3-5,7,10,15H,1-2H3,(H,14,16)(H,17,18)/t7-,10+/m1/s1. The van der Waals surface area contributed by atoms with Gasteiger partial charge < -0.3 is 15.5 Å². The quantitative estimate of drug-likeness (QED) is 0.782. The van der Waals surface area contributed by atoms with Gasteiger partial charge >= 0.3 is 5.97 Å². The number of aliphatic hydroxyl groups is 1. The molecule has 0 aromatic heterocycles. The van der Waals surface area contributed by atoms with E-state index < -0.39 is 24.0 Å². The van der Waals surface area contributed by atoms with E-state index in [0.29, 0.717) is 5.56 Å². The van der Waals surface area contributed by atoms with Gasteiger partial charge in [0.25, 0.3) is 5.91 Å². The summed E-state index contributed by atoms with van der Waals surface area (Å²) in [5.74, 6) is -1.81. The second kappa shape index (κ2) is 5.97. The number of aliphatic carboxylic acids is 1. The van der Waals surface area contributed by atoms with Crippen LogP contribution in [0.15, 0.2) is 22.7 Å². The molecule has 0 bridgehead atoms. The highest BCUT2D eigenvalue weighted by molar-refractivity contribution is 9.10. The molecule has 5 nitrogen and oxygen atoms in total. The number of amides is 1. The molecule has 0 aliphatic heterocycles. The summed E-state index contributed by atoms with van der Waals surface area (Å²) >= 11 is 3.26. The minimum absolute atomic E-state index is 0.341. The van der Waals surface area contributed by atoms with Crippen molar-refractivity contribution in [1.82, 2.24) is 5.32 Å². The maximum atomic E-state index is 11.9. The van der Waals surface area contributed by atoms with Crippen molar-refractivity contribution in [3.63, 3.8) is 0 Å². The predicted octanol–water partition coefficient (Wildman–Crippen LogP) is 1.32. The molecule has 3 N–H and O–H groups in total. The fourth-order valence-electron chi connectivity index (χ4n) is 1.48. The van der Waals surface area contributed by atoms with Crippen LogP contribution in [0.2, 0.25) is 0 Å². The van der Waals surface area contributed by atoms with E-state index in [2.05, 4.69) is 21.2 Å². The Morgan fingerprint density at radius 1 is 1.33 bits per heavy atom. The van der Waals surface area contributed by atoms with E-state index in [1.807, 2.05) is 13.0 Å². The first-order valence-corrected chi connectivity index (χ1v) is 6.09. The third-order valence-electron chi connectivity index (χ3n) is 2.34. The zero-order chi connectivity index (χ0) is 13.9. The molecule has 0 saturated heterocycles. The van der Waals surface area contributed by atoms with Crippen LogP contribution in [0.25, 0.3) is 0 Å². The maximum absolute atomic E-state index is 11.9. The topological polar surface area (TPSA) is 86.6 Å². The molecule has 0 unspecified atom stereocenters. The van der Waals surface area contributed by atoms with Crippen molar-refractivity contribution in [1.29, 1.82) is 0 Å². The van der Waals surface area contributed by atoms with E-state index in [1.54, 1.807) is 12.1 Å². The van der Waals surface area contributed by atoms with Gasteiger partial charge in [-0.1, -0.05) is 15.9 Å². The van der Waals surface area contributed by atoms with E-state index in [0.717, 1.165) is 10.0 Å². The second-order valence-electron chi connectivity index (χ2n) is 4.05. The molecule has 1 rings (SSSR count). The van der Waals surface area contributed by atoms with Gasteiger partial charge in [0.15, 0.2) is 6.04 Å². The molecule has 1 aromatic carbocycles. The molecule has 6 heteroatoms. The fourth-order valence-corrected chi connectivity index (χ4v) is 2.09. The highest BCUT2D eigenvalue weighted by Gasteiger charge is 2.25. The molecular formula is C12H14BrNO4. The fraction of sp³-hybridized carbons (Fsp3) is 0.333. The first-order chi connectivity index (χ1) is 8.31. The number of aliphatic hydroxyl groups excluding tert-OH is 1. The Labute approximate surface area is 113 Å². The Morgan fingerprint density at radius 3 is 2.39 bits per heavy atom. The molecule has 0 saturated carbocycles. The zero-order valence-corrected chi connectivity index (χ0v) is 11.6. The Hall–Kier alpha value is -1.40. The van der Waals surface area contributed by atoms with Crippen LogP contribution >= 0.6 is 15.9 Å². The molecule has 0 radical (unpaired) electrons. The number of carbonyl (C=O) groups is 2. The Kier molecular flexibility index (Phi) is 4.86. The van der Waals surface area contributed by atoms with Crippen LogP contribution < -0.4 is 5.32 Å². The summed E-state index contributed by atoms with van der Waals surface area (Å²) in [4.78, 5) is 22.7. The summed E-state index contributed by atoms with van der Waals surface area (Å²) in [6.07, 6.45) is -1.17. The smallest absolute Gasteiger partial charge is 0.328 e. The van der Waals surface area contributed by atoms with Crippen LogP contribution in [-0.4, -0.2) is 34.2 Å². The lowest BCUT2D eigenvalue weighted by molar-refractivity contribution is -0.141. The molecule has 0 aliphatic carbocycles. The highest BCUT2D eigenvalue weighted by Crippen LogP contribution is 2.15. The van der Waals surface area contributed by atoms with Crippen LogP contribution in [0, 0.1) is 6.92 Å². The van der Waals surface area contributed by atoms with Crippen molar-refractivity contribution in [2.75, 3.05) is 0 Å². The molecule has 1 aromatic rings. The summed E-state index contributed by atoms with van der Waals surface area (Å²) < 4.78 is 0.733. The molecule has 18 heavy (non-hydrogen) atoms. The first kappa shape index (κ1) is 14.7. The van der Waals surface area contributed by atoms with Gasteiger partial charge in [0.2, 0.25) is 0 Å². The third kappa shape index (κ3) is 3.82. The lowest BCUT2D eigenvalue weighted by Crippen LogP contribution is -2.47. The van der Waals surface area contributed by atoms with Crippen LogP contribution in [-0.2, 0) is 4.79 Å². The van der Waals surface area contributed by atoms with E-state index >= 15 is 0 Å². The number of carboxylic acids is 1. The van der Waals surface area contributed by atoms with Crippen LogP contribution in [0.4, 0.5) is 0 Å². The Morgan fingerprint density at radius 2 is 1.94 bits per heavy atom. The summed E-state index contributed by atoms with van der Waals surface area (Å²) in [6.45, 7) is 3.14. The number of carbonyl (C=O) groups excluding carboxylic acids is 1. The average molecular weight is 316 g/mol. The van der Waals surface area contributed by atoms with Gasteiger partial charge in [-0.05, 0) is 37.6 Å². The Bertz CT molecular complexity index is 453. The van der Waals surface area contributed by atoms with Crippen molar-refractivity contribution in [3.8, 4) is 0 Å². The normalized spacial score (nSPS) is 13.8. The molecule has 1 amide bonds. The molecule has 0 spiro atoms. The molecular weight excluding hydrogens is 302 g/mol. The van der Waals surface area contributed by atoms with Crippen LogP contribution in [0.5, 0.6) is 0 Å². The van der Waals surface area contributed by atoms with Crippen molar-refractivity contribution in [2.24, 2.45) is 0 Å². The first-order valence-electron chi connectivity index (χ1n) is 5.30. The SMILES string of the molecule is Cc1cc(Br)cc(C(=O)N[C@H](C(=O)O)[C@@H](C)O)c1. The van der Waals surface area contributed by atoms with Crippen molar-refractivity contribution in [3.05, 3.63) is 33.8 Å². The summed E-state index contributed by atoms with van der Waals surface area (Å²) in [6, 6.07) is 3.74. The number of benzene rings is 1. The van der Waals surface area contributed by atoms with Gasteiger partial charge in [-0.25, -0.2) is 4.79 Å². The number of hydrogen-bond donors (Lipinski definition) is 3. The molecule has 0 fully saturated rings. The Balaban J connectivity index is 2.90.